The van der Waals surface area contributed by atoms with E-state index in [4.69, 9.17) is 0 Å². The fourth-order valence-corrected chi connectivity index (χ4v) is 1.32. The molecule has 0 aliphatic heterocycles. The van der Waals surface area contributed by atoms with Crippen LogP contribution in [0.2, 0.25) is 0 Å². The van der Waals surface area contributed by atoms with Crippen LogP contribution in [0.3, 0.4) is 0 Å². The Kier molecular flexibility index (Phi) is 6.00. The van der Waals surface area contributed by atoms with E-state index in [2.05, 4.69) is 10.3 Å². The average Bonchev–Trinajstić information content (AvgIpc) is 2.36. The van der Waals surface area contributed by atoms with Crippen molar-refractivity contribution in [1.82, 2.24) is 10.3 Å². The standard InChI is InChI=1S/C13H17FN2O2/c1-2-12(17)5-6-16-13(18)4-3-10-7-11(14)9-15-8-10/h3-4,7-9,12,17H,2,5-6H2,1H3,(H,16,18)/b4-3+. The third-order valence-electron chi connectivity index (χ3n) is 2.40. The smallest absolute Gasteiger partial charge is 0.244 e. The van der Waals surface area contributed by atoms with Crippen molar-refractivity contribution in [3.05, 3.63) is 35.9 Å². The number of aliphatic hydroxyl groups excluding tert-OH is 1. The number of halogens is 1. The number of carbonyl (C=O) groups excluding carboxylic acids is 1. The number of aromatic nitrogens is 1. The van der Waals surface area contributed by atoms with Crippen LogP contribution in [0, 0.1) is 5.82 Å². The number of hydrogen-bond donors (Lipinski definition) is 2. The van der Waals surface area contributed by atoms with E-state index >= 15 is 0 Å². The maximum absolute atomic E-state index is 12.8. The number of carbonyl (C=O) groups is 1. The van der Waals surface area contributed by atoms with E-state index in [1.807, 2.05) is 6.92 Å². The predicted octanol–water partition coefficient (Wildman–Crippen LogP) is 1.51. The predicted molar refractivity (Wildman–Crippen MR) is 67.2 cm³/mol. The van der Waals surface area contributed by atoms with Gasteiger partial charge >= 0.3 is 0 Å². The molecule has 0 spiro atoms. The van der Waals surface area contributed by atoms with Gasteiger partial charge in [-0.15, -0.1) is 0 Å². The molecule has 5 heteroatoms. The van der Waals surface area contributed by atoms with Gasteiger partial charge < -0.3 is 10.4 Å². The van der Waals surface area contributed by atoms with Crippen molar-refractivity contribution in [3.8, 4) is 0 Å². The lowest BCUT2D eigenvalue weighted by atomic mass is 10.2. The molecule has 2 N–H and O–H groups in total. The second kappa shape index (κ2) is 7.55. The van der Waals surface area contributed by atoms with Gasteiger partial charge in [-0.1, -0.05) is 6.92 Å². The van der Waals surface area contributed by atoms with E-state index in [1.165, 1.54) is 24.4 Å². The van der Waals surface area contributed by atoms with Crippen LogP contribution in [-0.2, 0) is 4.79 Å². The van der Waals surface area contributed by atoms with E-state index in [0.29, 0.717) is 24.9 Å². The Hall–Kier alpha value is -1.75. The van der Waals surface area contributed by atoms with Crippen molar-refractivity contribution in [2.45, 2.75) is 25.9 Å². The molecule has 0 aliphatic carbocycles. The maximum atomic E-state index is 12.8. The topological polar surface area (TPSA) is 62.2 Å². The Morgan fingerprint density at radius 3 is 3.06 bits per heavy atom. The second-order valence-corrected chi connectivity index (χ2v) is 3.91. The molecular weight excluding hydrogens is 235 g/mol. The van der Waals surface area contributed by atoms with Crippen LogP contribution in [0.4, 0.5) is 4.39 Å². The first-order valence-corrected chi connectivity index (χ1v) is 5.86. The molecule has 1 aromatic heterocycles. The first-order chi connectivity index (χ1) is 8.61. The molecule has 1 rings (SSSR count). The van der Waals surface area contributed by atoms with Crippen molar-refractivity contribution in [3.63, 3.8) is 0 Å². The lowest BCUT2D eigenvalue weighted by molar-refractivity contribution is -0.116. The Morgan fingerprint density at radius 2 is 2.39 bits per heavy atom. The number of amides is 1. The summed E-state index contributed by atoms with van der Waals surface area (Å²) >= 11 is 0. The molecule has 4 nitrogen and oxygen atoms in total. The second-order valence-electron chi connectivity index (χ2n) is 3.91. The van der Waals surface area contributed by atoms with Gasteiger partial charge in [0.1, 0.15) is 5.82 Å². The first-order valence-electron chi connectivity index (χ1n) is 5.86. The van der Waals surface area contributed by atoms with E-state index in [9.17, 15) is 14.3 Å². The summed E-state index contributed by atoms with van der Waals surface area (Å²) in [5.41, 5.74) is 0.527. The van der Waals surface area contributed by atoms with E-state index in [1.54, 1.807) is 0 Å². The third-order valence-corrected chi connectivity index (χ3v) is 2.40. The van der Waals surface area contributed by atoms with Gasteiger partial charge in [0.2, 0.25) is 5.91 Å². The summed E-state index contributed by atoms with van der Waals surface area (Å²) < 4.78 is 12.8. The number of hydrogen-bond acceptors (Lipinski definition) is 3. The summed E-state index contributed by atoms with van der Waals surface area (Å²) in [7, 11) is 0. The van der Waals surface area contributed by atoms with Gasteiger partial charge in [0.15, 0.2) is 0 Å². The molecule has 0 aromatic carbocycles. The highest BCUT2D eigenvalue weighted by atomic mass is 19.1. The highest BCUT2D eigenvalue weighted by molar-refractivity contribution is 5.91. The molecular formula is C13H17FN2O2. The minimum absolute atomic E-state index is 0.275. The molecule has 1 atom stereocenters. The van der Waals surface area contributed by atoms with Crippen LogP contribution in [0.15, 0.2) is 24.5 Å². The molecule has 0 saturated heterocycles. The van der Waals surface area contributed by atoms with Crippen LogP contribution in [0.25, 0.3) is 6.08 Å². The average molecular weight is 252 g/mol. The van der Waals surface area contributed by atoms with Gasteiger partial charge in [-0.05, 0) is 30.5 Å². The zero-order valence-electron chi connectivity index (χ0n) is 10.3. The summed E-state index contributed by atoms with van der Waals surface area (Å²) in [5.74, 6) is -0.716. The molecule has 0 saturated carbocycles. The van der Waals surface area contributed by atoms with Crippen molar-refractivity contribution < 1.29 is 14.3 Å². The molecule has 0 radical (unpaired) electrons. The van der Waals surface area contributed by atoms with Crippen molar-refractivity contribution in [2.24, 2.45) is 0 Å². The van der Waals surface area contributed by atoms with Crippen LogP contribution in [0.5, 0.6) is 0 Å². The molecule has 98 valence electrons. The van der Waals surface area contributed by atoms with Gasteiger partial charge in [0.05, 0.1) is 12.3 Å². The number of aliphatic hydroxyl groups is 1. The maximum Gasteiger partial charge on any atom is 0.244 e. The van der Waals surface area contributed by atoms with Crippen LogP contribution in [0.1, 0.15) is 25.3 Å². The zero-order valence-corrected chi connectivity index (χ0v) is 10.3. The van der Waals surface area contributed by atoms with Crippen molar-refractivity contribution in [1.29, 1.82) is 0 Å². The molecule has 0 aliphatic rings. The van der Waals surface area contributed by atoms with Crippen LogP contribution >= 0.6 is 0 Å². The van der Waals surface area contributed by atoms with Crippen molar-refractivity contribution in [2.75, 3.05) is 6.54 Å². The number of rotatable bonds is 6. The lowest BCUT2D eigenvalue weighted by Crippen LogP contribution is -2.25. The number of nitrogens with zero attached hydrogens (tertiary/aromatic N) is 1. The highest BCUT2D eigenvalue weighted by Gasteiger charge is 2.01. The van der Waals surface area contributed by atoms with E-state index in [-0.39, 0.29) is 12.0 Å². The van der Waals surface area contributed by atoms with Gasteiger partial charge in [0.25, 0.3) is 0 Å². The van der Waals surface area contributed by atoms with Crippen molar-refractivity contribution >= 4 is 12.0 Å². The van der Waals surface area contributed by atoms with E-state index < -0.39 is 5.82 Å². The SMILES string of the molecule is CCC(O)CCNC(=O)/C=C/c1cncc(F)c1. The minimum atomic E-state index is -0.441. The fraction of sp³-hybridized carbons (Fsp3) is 0.385. The number of pyridine rings is 1. The molecule has 18 heavy (non-hydrogen) atoms. The Labute approximate surface area is 106 Å². The number of nitrogens with one attached hydrogen (secondary N) is 1. The quantitative estimate of drug-likeness (QED) is 0.754. The van der Waals surface area contributed by atoms with Gasteiger partial charge in [-0.2, -0.15) is 0 Å². The Balaban J connectivity index is 2.36. The lowest BCUT2D eigenvalue weighted by Gasteiger charge is -2.07. The Bertz CT molecular complexity index is 421. The molecule has 1 aromatic rings. The molecule has 1 unspecified atom stereocenters. The monoisotopic (exact) mass is 252 g/mol. The minimum Gasteiger partial charge on any atom is -0.393 e. The summed E-state index contributed by atoms with van der Waals surface area (Å²) in [6.45, 7) is 2.29. The van der Waals surface area contributed by atoms with Gasteiger partial charge in [0, 0.05) is 18.8 Å². The zero-order chi connectivity index (χ0) is 13.4. The van der Waals surface area contributed by atoms with E-state index in [0.717, 1.165) is 6.20 Å². The Morgan fingerprint density at radius 1 is 1.61 bits per heavy atom. The summed E-state index contributed by atoms with van der Waals surface area (Å²) in [4.78, 5) is 15.0. The van der Waals surface area contributed by atoms with Crippen LogP contribution < -0.4 is 5.32 Å². The fourth-order valence-electron chi connectivity index (χ4n) is 1.32. The first kappa shape index (κ1) is 14.3. The molecule has 1 heterocycles. The van der Waals surface area contributed by atoms with Crippen LogP contribution in [-0.4, -0.2) is 28.6 Å². The summed E-state index contributed by atoms with van der Waals surface area (Å²) in [5, 5.41) is 11.9. The molecule has 0 bridgehead atoms. The van der Waals surface area contributed by atoms with Gasteiger partial charge in [-0.25, -0.2) is 4.39 Å². The summed E-state index contributed by atoms with van der Waals surface area (Å²) in [6.07, 6.45) is 6.17. The largest absolute Gasteiger partial charge is 0.393 e. The molecule has 1 amide bonds. The highest BCUT2D eigenvalue weighted by Crippen LogP contribution is 2.02. The summed E-state index contributed by atoms with van der Waals surface area (Å²) in [6, 6.07) is 1.29. The molecule has 0 fully saturated rings. The normalized spacial score (nSPS) is 12.6. The van der Waals surface area contributed by atoms with Gasteiger partial charge in [-0.3, -0.25) is 9.78 Å². The third kappa shape index (κ3) is 5.54.